The number of rotatable bonds is 8. The van der Waals surface area contributed by atoms with Crippen LogP contribution in [0.5, 0.6) is 0 Å². The molecule has 1 aromatic rings. The third-order valence-corrected chi connectivity index (χ3v) is 4.55. The number of hydrogen-bond acceptors (Lipinski definition) is 6. The minimum Gasteiger partial charge on any atom is -0.394 e. The monoisotopic (exact) mass is 351 g/mol. The van der Waals surface area contributed by atoms with Gasteiger partial charge in [0.2, 0.25) is 0 Å². The summed E-state index contributed by atoms with van der Waals surface area (Å²) in [6.45, 7) is 1.62. The maximum Gasteiger partial charge on any atom is 0.251 e. The quantitative estimate of drug-likeness (QED) is 0.580. The Morgan fingerprint density at radius 3 is 2.44 bits per heavy atom. The average Bonchev–Trinajstić information content (AvgIpc) is 2.94. The molecule has 25 heavy (non-hydrogen) atoms. The van der Waals surface area contributed by atoms with Crippen molar-refractivity contribution in [3.8, 4) is 0 Å². The molecule has 2 rings (SSSR count). The van der Waals surface area contributed by atoms with Crippen LogP contribution in [0.1, 0.15) is 10.4 Å². The second-order valence-electron chi connectivity index (χ2n) is 6.74. The van der Waals surface area contributed by atoms with E-state index in [1.807, 2.05) is 44.2 Å². The summed E-state index contributed by atoms with van der Waals surface area (Å²) in [6.07, 6.45) is -1.81. The van der Waals surface area contributed by atoms with Crippen LogP contribution >= 0.6 is 0 Å². The van der Waals surface area contributed by atoms with Gasteiger partial charge >= 0.3 is 0 Å². The first-order valence-corrected chi connectivity index (χ1v) is 8.56. The van der Waals surface area contributed by atoms with Crippen molar-refractivity contribution in [2.45, 2.75) is 24.4 Å². The van der Waals surface area contributed by atoms with Crippen molar-refractivity contribution < 1.29 is 19.7 Å². The minimum atomic E-state index is -0.796. The summed E-state index contributed by atoms with van der Waals surface area (Å²) in [6, 6.07) is 8.69. The van der Waals surface area contributed by atoms with Crippen LogP contribution in [0.15, 0.2) is 30.3 Å². The fourth-order valence-electron chi connectivity index (χ4n) is 3.08. The third-order valence-electron chi connectivity index (χ3n) is 4.55. The van der Waals surface area contributed by atoms with Crippen LogP contribution in [-0.2, 0) is 4.74 Å². The molecular formula is C18H29N3O4. The first-order valence-electron chi connectivity index (χ1n) is 8.56. The lowest BCUT2D eigenvalue weighted by Crippen LogP contribution is -2.51. The van der Waals surface area contributed by atoms with Gasteiger partial charge in [-0.2, -0.15) is 0 Å². The van der Waals surface area contributed by atoms with Gasteiger partial charge in [0.1, 0.15) is 12.2 Å². The lowest BCUT2D eigenvalue weighted by molar-refractivity contribution is -0.0209. The van der Waals surface area contributed by atoms with E-state index in [0.717, 1.165) is 13.1 Å². The molecule has 140 valence electrons. The van der Waals surface area contributed by atoms with Crippen molar-refractivity contribution in [1.82, 2.24) is 15.1 Å². The average molecular weight is 351 g/mol. The highest BCUT2D eigenvalue weighted by Crippen LogP contribution is 2.24. The Labute approximate surface area is 149 Å². The number of nitrogens with zero attached hydrogens (tertiary/aromatic N) is 2. The fourth-order valence-corrected chi connectivity index (χ4v) is 3.08. The van der Waals surface area contributed by atoms with E-state index in [1.165, 1.54) is 0 Å². The maximum atomic E-state index is 12.2. The van der Waals surface area contributed by atoms with Gasteiger partial charge in [0, 0.05) is 25.2 Å². The van der Waals surface area contributed by atoms with E-state index in [9.17, 15) is 15.0 Å². The van der Waals surface area contributed by atoms with Gasteiger partial charge in [-0.05, 0) is 33.3 Å². The number of hydrogen-bond donors (Lipinski definition) is 3. The van der Waals surface area contributed by atoms with E-state index in [4.69, 9.17) is 4.74 Å². The zero-order valence-electron chi connectivity index (χ0n) is 15.1. The number of aliphatic hydroxyl groups excluding tert-OH is 2. The lowest BCUT2D eigenvalue weighted by atomic mass is 10.0. The molecule has 7 nitrogen and oxygen atoms in total. The highest BCUT2D eigenvalue weighted by Gasteiger charge is 2.45. The molecule has 0 saturated carbocycles. The summed E-state index contributed by atoms with van der Waals surface area (Å²) in [5, 5.41) is 22.8. The van der Waals surface area contributed by atoms with Crippen LogP contribution in [0.25, 0.3) is 0 Å². The number of aliphatic hydroxyl groups is 2. The lowest BCUT2D eigenvalue weighted by Gasteiger charge is -2.31. The Kier molecular flexibility index (Phi) is 7.34. The Morgan fingerprint density at radius 1 is 1.16 bits per heavy atom. The summed E-state index contributed by atoms with van der Waals surface area (Å²) in [4.78, 5) is 16.3. The summed E-state index contributed by atoms with van der Waals surface area (Å²) in [7, 11) is 5.90. The Balaban J connectivity index is 1.99. The first-order chi connectivity index (χ1) is 11.9. The highest BCUT2D eigenvalue weighted by molar-refractivity contribution is 5.94. The molecule has 0 aliphatic carbocycles. The molecule has 1 aromatic carbocycles. The second-order valence-corrected chi connectivity index (χ2v) is 6.74. The van der Waals surface area contributed by atoms with Gasteiger partial charge in [-0.15, -0.1) is 0 Å². The zero-order valence-corrected chi connectivity index (χ0v) is 15.1. The molecule has 1 fully saturated rings. The molecule has 1 aliphatic rings. The molecule has 0 unspecified atom stereocenters. The van der Waals surface area contributed by atoms with E-state index >= 15 is 0 Å². The second kappa shape index (κ2) is 9.26. The van der Waals surface area contributed by atoms with Crippen LogP contribution < -0.4 is 5.32 Å². The molecule has 0 aromatic heterocycles. The van der Waals surface area contributed by atoms with Crippen molar-refractivity contribution in [2.75, 3.05) is 47.4 Å². The number of likely N-dealkylation sites (N-methyl/N-ethyl adjacent to an activating group) is 2. The standard InChI is InChI=1S/C18H29N3O4/c1-20(2)9-10-21(3)16-14(25-15(12-22)17(16)23)11-19-18(24)13-7-5-4-6-8-13/h4-8,14-17,22-23H,9-12H2,1-3H3,(H,19,24)/t14-,15+,16-,17-/m1/s1. The van der Waals surface area contributed by atoms with Gasteiger partial charge in [-0.1, -0.05) is 18.2 Å². The minimum absolute atomic E-state index is 0.180. The van der Waals surface area contributed by atoms with Crippen molar-refractivity contribution in [1.29, 1.82) is 0 Å². The molecule has 1 saturated heterocycles. The first kappa shape index (κ1) is 19.8. The van der Waals surface area contributed by atoms with Crippen LogP contribution in [-0.4, -0.2) is 97.7 Å². The van der Waals surface area contributed by atoms with E-state index in [1.54, 1.807) is 12.1 Å². The van der Waals surface area contributed by atoms with Gasteiger partial charge in [-0.25, -0.2) is 0 Å². The Hall–Kier alpha value is -1.51. The fraction of sp³-hybridized carbons (Fsp3) is 0.611. The molecule has 4 atom stereocenters. The molecule has 3 N–H and O–H groups in total. The topological polar surface area (TPSA) is 85.3 Å². The van der Waals surface area contributed by atoms with Gasteiger partial charge < -0.3 is 25.2 Å². The van der Waals surface area contributed by atoms with Gasteiger partial charge in [-0.3, -0.25) is 9.69 Å². The van der Waals surface area contributed by atoms with Gasteiger partial charge in [0.25, 0.3) is 5.91 Å². The molecule has 0 bridgehead atoms. The summed E-state index contributed by atoms with van der Waals surface area (Å²) in [5.74, 6) is -0.180. The highest BCUT2D eigenvalue weighted by atomic mass is 16.5. The molecule has 0 radical (unpaired) electrons. The summed E-state index contributed by atoms with van der Waals surface area (Å²) in [5.41, 5.74) is 0.581. The molecule has 1 aliphatic heterocycles. The largest absolute Gasteiger partial charge is 0.394 e. The molecule has 7 heteroatoms. The Morgan fingerprint density at radius 2 is 1.84 bits per heavy atom. The van der Waals surface area contributed by atoms with Crippen LogP contribution in [0.3, 0.4) is 0 Å². The van der Waals surface area contributed by atoms with Crippen LogP contribution in [0, 0.1) is 0 Å². The number of carbonyl (C=O) groups excluding carboxylic acids is 1. The number of amides is 1. The van der Waals surface area contributed by atoms with Crippen molar-refractivity contribution in [3.63, 3.8) is 0 Å². The molecule has 1 heterocycles. The predicted octanol–water partition coefficient (Wildman–Crippen LogP) is -0.601. The molecular weight excluding hydrogens is 322 g/mol. The SMILES string of the molecule is CN(C)CCN(C)[C@H]1[C@H](O)[C@H](CO)O[C@@H]1CNC(=O)c1ccccc1. The molecule has 0 spiro atoms. The number of nitrogens with one attached hydrogen (secondary N) is 1. The van der Waals surface area contributed by atoms with Gasteiger partial charge in [0.05, 0.1) is 18.8 Å². The van der Waals surface area contributed by atoms with E-state index in [2.05, 4.69) is 10.2 Å². The van der Waals surface area contributed by atoms with Crippen molar-refractivity contribution >= 4 is 5.91 Å². The maximum absolute atomic E-state index is 12.2. The smallest absolute Gasteiger partial charge is 0.251 e. The molecule has 1 amide bonds. The predicted molar refractivity (Wildman–Crippen MR) is 95.5 cm³/mol. The van der Waals surface area contributed by atoms with Crippen LogP contribution in [0.4, 0.5) is 0 Å². The zero-order chi connectivity index (χ0) is 18.4. The number of ether oxygens (including phenoxy) is 1. The summed E-state index contributed by atoms with van der Waals surface area (Å²) < 4.78 is 5.78. The van der Waals surface area contributed by atoms with E-state index in [-0.39, 0.29) is 31.2 Å². The van der Waals surface area contributed by atoms with E-state index in [0.29, 0.717) is 5.56 Å². The van der Waals surface area contributed by atoms with Gasteiger partial charge in [0.15, 0.2) is 0 Å². The summed E-state index contributed by atoms with van der Waals surface area (Å²) >= 11 is 0. The van der Waals surface area contributed by atoms with Crippen molar-refractivity contribution in [3.05, 3.63) is 35.9 Å². The number of carbonyl (C=O) groups is 1. The third kappa shape index (κ3) is 5.23. The normalized spacial score (nSPS) is 26.4. The van der Waals surface area contributed by atoms with Crippen molar-refractivity contribution in [2.24, 2.45) is 0 Å². The Bertz CT molecular complexity index is 540. The van der Waals surface area contributed by atoms with Crippen LogP contribution in [0.2, 0.25) is 0 Å². The van der Waals surface area contributed by atoms with E-state index < -0.39 is 12.2 Å². The number of benzene rings is 1.